The van der Waals surface area contributed by atoms with Gasteiger partial charge in [-0.3, -0.25) is 0 Å². The molecule has 0 aliphatic carbocycles. The third-order valence-corrected chi connectivity index (χ3v) is 1.77. The molecule has 1 aromatic rings. The Morgan fingerprint density at radius 3 is 2.42 bits per heavy atom. The van der Waals surface area contributed by atoms with Gasteiger partial charge in [-0.15, -0.1) is 0 Å². The van der Waals surface area contributed by atoms with E-state index >= 15 is 0 Å². The number of benzene rings is 1. The van der Waals surface area contributed by atoms with Crippen LogP contribution in [0.15, 0.2) is 18.7 Å². The van der Waals surface area contributed by atoms with Crippen LogP contribution in [0, 0.1) is 18.6 Å². The average molecular weight is 189 g/mol. The molecule has 0 spiro atoms. The molecule has 64 valence electrons. The molecule has 0 heterocycles. The summed E-state index contributed by atoms with van der Waals surface area (Å²) < 4.78 is 25.9. The van der Waals surface area contributed by atoms with E-state index in [-0.39, 0.29) is 16.2 Å². The highest BCUT2D eigenvalue weighted by Crippen LogP contribution is 2.23. The summed E-state index contributed by atoms with van der Waals surface area (Å²) in [5.74, 6) is -1.80. The second-order valence-electron chi connectivity index (χ2n) is 2.46. The van der Waals surface area contributed by atoms with E-state index in [4.69, 9.17) is 11.6 Å². The molecule has 0 bridgehead atoms. The van der Waals surface area contributed by atoms with Crippen LogP contribution in [0.1, 0.15) is 11.1 Å². The van der Waals surface area contributed by atoms with E-state index in [0.29, 0.717) is 0 Å². The van der Waals surface area contributed by atoms with Crippen molar-refractivity contribution in [1.82, 2.24) is 0 Å². The van der Waals surface area contributed by atoms with Crippen molar-refractivity contribution in [3.8, 4) is 0 Å². The van der Waals surface area contributed by atoms with Gasteiger partial charge in [-0.2, -0.15) is 0 Å². The Hall–Kier alpha value is -0.890. The first-order valence-corrected chi connectivity index (χ1v) is 3.71. The first-order valence-electron chi connectivity index (χ1n) is 3.33. The molecule has 0 nitrogen and oxygen atoms in total. The first kappa shape index (κ1) is 9.20. The van der Waals surface area contributed by atoms with E-state index in [0.717, 1.165) is 0 Å². The van der Waals surface area contributed by atoms with Gasteiger partial charge in [0, 0.05) is 10.6 Å². The molecule has 1 rings (SSSR count). The maximum absolute atomic E-state index is 13.0. The summed E-state index contributed by atoms with van der Waals surface area (Å²) in [4.78, 5) is 0. The molecule has 0 saturated heterocycles. The molecule has 0 radical (unpaired) electrons. The maximum Gasteiger partial charge on any atom is 0.167 e. The monoisotopic (exact) mass is 188 g/mol. The highest BCUT2D eigenvalue weighted by molar-refractivity contribution is 6.48. The molecule has 0 aliphatic heterocycles. The molecule has 0 amide bonds. The zero-order valence-corrected chi connectivity index (χ0v) is 7.25. The third-order valence-electron chi connectivity index (χ3n) is 1.57. The van der Waals surface area contributed by atoms with E-state index < -0.39 is 11.6 Å². The van der Waals surface area contributed by atoms with Crippen LogP contribution in [0.2, 0.25) is 0 Å². The highest BCUT2D eigenvalue weighted by atomic mass is 35.5. The second kappa shape index (κ2) is 3.23. The van der Waals surface area contributed by atoms with E-state index in [1.165, 1.54) is 19.1 Å². The molecule has 0 atom stereocenters. The predicted molar refractivity (Wildman–Crippen MR) is 46.0 cm³/mol. The van der Waals surface area contributed by atoms with Crippen molar-refractivity contribution >= 4 is 16.6 Å². The van der Waals surface area contributed by atoms with Gasteiger partial charge in [0.15, 0.2) is 11.6 Å². The van der Waals surface area contributed by atoms with Crippen LogP contribution in [0.4, 0.5) is 8.78 Å². The van der Waals surface area contributed by atoms with Crippen LogP contribution in [0.3, 0.4) is 0 Å². The first-order chi connectivity index (χ1) is 5.54. The molecule has 0 fully saturated rings. The summed E-state index contributed by atoms with van der Waals surface area (Å²) in [6.07, 6.45) is 0. The lowest BCUT2D eigenvalue weighted by Gasteiger charge is -2.02. The fourth-order valence-corrected chi connectivity index (χ4v) is 1.00. The van der Waals surface area contributed by atoms with Gasteiger partial charge in [-0.25, -0.2) is 8.78 Å². The van der Waals surface area contributed by atoms with Crippen molar-refractivity contribution in [2.45, 2.75) is 6.92 Å². The van der Waals surface area contributed by atoms with E-state index in [1.807, 2.05) is 0 Å². The lowest BCUT2D eigenvalue weighted by molar-refractivity contribution is 0.501. The van der Waals surface area contributed by atoms with Crippen molar-refractivity contribution in [2.24, 2.45) is 0 Å². The molecule has 12 heavy (non-hydrogen) atoms. The van der Waals surface area contributed by atoms with Gasteiger partial charge in [0.2, 0.25) is 0 Å². The Kier molecular flexibility index (Phi) is 2.48. The fourth-order valence-electron chi connectivity index (χ4n) is 0.856. The molecule has 0 N–H and O–H groups in total. The topological polar surface area (TPSA) is 0 Å². The Morgan fingerprint density at radius 2 is 1.92 bits per heavy atom. The van der Waals surface area contributed by atoms with Gasteiger partial charge in [0.05, 0.1) is 0 Å². The molecule has 1 aromatic carbocycles. The van der Waals surface area contributed by atoms with Gasteiger partial charge < -0.3 is 0 Å². The van der Waals surface area contributed by atoms with Gasteiger partial charge in [-0.05, 0) is 12.5 Å². The normalized spacial score (nSPS) is 10.0. The van der Waals surface area contributed by atoms with Crippen LogP contribution < -0.4 is 0 Å². The summed E-state index contributed by atoms with van der Waals surface area (Å²) in [6, 6.07) is 2.87. The zero-order valence-electron chi connectivity index (χ0n) is 6.50. The van der Waals surface area contributed by atoms with Crippen molar-refractivity contribution in [1.29, 1.82) is 0 Å². The van der Waals surface area contributed by atoms with Crippen LogP contribution in [0.25, 0.3) is 5.03 Å². The minimum absolute atomic E-state index is 0.00593. The standard InChI is InChI=1S/C9H7ClF2/c1-5-3-4-7(6(2)10)9(12)8(5)11/h3-4H,2H2,1H3. The second-order valence-corrected chi connectivity index (χ2v) is 2.92. The van der Waals surface area contributed by atoms with E-state index in [1.54, 1.807) is 0 Å². The molecule has 0 unspecified atom stereocenters. The van der Waals surface area contributed by atoms with Crippen LogP contribution in [-0.4, -0.2) is 0 Å². The number of hydrogen-bond donors (Lipinski definition) is 0. The lowest BCUT2D eigenvalue weighted by Crippen LogP contribution is -1.93. The summed E-state index contributed by atoms with van der Waals surface area (Å²) in [7, 11) is 0. The number of hydrogen-bond acceptors (Lipinski definition) is 0. The largest absolute Gasteiger partial charge is 0.203 e. The molecule has 0 aromatic heterocycles. The molecule has 0 saturated carbocycles. The SMILES string of the molecule is C=C(Cl)c1ccc(C)c(F)c1F. The van der Waals surface area contributed by atoms with Crippen molar-refractivity contribution in [3.63, 3.8) is 0 Å². The minimum Gasteiger partial charge on any atom is -0.203 e. The highest BCUT2D eigenvalue weighted by Gasteiger charge is 2.11. The molecule has 3 heteroatoms. The summed E-state index contributed by atoms with van der Waals surface area (Å²) >= 11 is 5.43. The predicted octanol–water partition coefficient (Wildman–Crippen LogP) is 3.48. The van der Waals surface area contributed by atoms with E-state index in [9.17, 15) is 8.78 Å². The molecular weight excluding hydrogens is 182 g/mol. The van der Waals surface area contributed by atoms with Gasteiger partial charge in [0.25, 0.3) is 0 Å². The van der Waals surface area contributed by atoms with Gasteiger partial charge in [-0.1, -0.05) is 30.3 Å². The lowest BCUT2D eigenvalue weighted by atomic mass is 10.1. The maximum atomic E-state index is 13.0. The quantitative estimate of drug-likeness (QED) is 0.633. The summed E-state index contributed by atoms with van der Waals surface area (Å²) in [5, 5.41) is 0.00593. The summed E-state index contributed by atoms with van der Waals surface area (Å²) in [6.45, 7) is 4.80. The van der Waals surface area contributed by atoms with Crippen molar-refractivity contribution < 1.29 is 8.78 Å². The Labute approximate surface area is 74.5 Å². The van der Waals surface area contributed by atoms with Crippen LogP contribution in [0.5, 0.6) is 0 Å². The van der Waals surface area contributed by atoms with E-state index in [2.05, 4.69) is 6.58 Å². The smallest absolute Gasteiger partial charge is 0.167 e. The number of aryl methyl sites for hydroxylation is 1. The average Bonchev–Trinajstić information content (AvgIpc) is 2.00. The Balaban J connectivity index is 3.36. The van der Waals surface area contributed by atoms with Crippen LogP contribution >= 0.6 is 11.6 Å². The van der Waals surface area contributed by atoms with Gasteiger partial charge in [0.1, 0.15) is 0 Å². The zero-order chi connectivity index (χ0) is 9.30. The molecular formula is C9H7ClF2. The molecule has 0 aliphatic rings. The van der Waals surface area contributed by atoms with Crippen LogP contribution in [-0.2, 0) is 0 Å². The Bertz CT molecular complexity index is 332. The van der Waals surface area contributed by atoms with Crippen molar-refractivity contribution in [2.75, 3.05) is 0 Å². The Morgan fingerprint density at radius 1 is 1.33 bits per heavy atom. The number of halogens is 3. The van der Waals surface area contributed by atoms with Crippen molar-refractivity contribution in [3.05, 3.63) is 41.5 Å². The summed E-state index contributed by atoms with van der Waals surface area (Å²) in [5.41, 5.74) is 0.272. The third kappa shape index (κ3) is 1.48. The van der Waals surface area contributed by atoms with Gasteiger partial charge >= 0.3 is 0 Å². The minimum atomic E-state index is -0.935. The number of rotatable bonds is 1. The fraction of sp³-hybridized carbons (Fsp3) is 0.111.